The first-order valence-electron chi connectivity index (χ1n) is 7.63. The number of benzene rings is 1. The summed E-state index contributed by atoms with van der Waals surface area (Å²) in [5.74, 6) is 0.941. The fourth-order valence-electron chi connectivity index (χ4n) is 3.11. The Balaban J connectivity index is 1.61. The van der Waals surface area contributed by atoms with Crippen molar-refractivity contribution < 1.29 is 4.79 Å². The van der Waals surface area contributed by atoms with Crippen molar-refractivity contribution in [3.05, 3.63) is 65.6 Å². The molecule has 2 N–H and O–H groups in total. The number of ketones is 1. The first-order valence-corrected chi connectivity index (χ1v) is 8.68. The molecule has 2 aromatic heterocycles. The largest absolute Gasteiger partial charge is 0.358 e. The van der Waals surface area contributed by atoms with Gasteiger partial charge in [-0.05, 0) is 24.6 Å². The molecule has 5 heteroatoms. The molecule has 3 aromatic rings. The molecule has 1 aromatic carbocycles. The number of aromatic nitrogens is 2. The Morgan fingerprint density at radius 2 is 2.13 bits per heavy atom. The number of nitrogens with one attached hydrogen (secondary N) is 2. The van der Waals surface area contributed by atoms with Gasteiger partial charge in [0.15, 0.2) is 5.78 Å². The number of H-pyrrole nitrogens is 1. The zero-order valence-electron chi connectivity index (χ0n) is 12.7. The number of carbonyl (C=O) groups is 1. The fraction of sp³-hybridized carbons (Fsp3) is 0.222. The van der Waals surface area contributed by atoms with Crippen LogP contribution in [0, 0.1) is 6.92 Å². The first kappa shape index (κ1) is 14.5. The lowest BCUT2D eigenvalue weighted by Gasteiger charge is -2.12. The molecular formula is C18H17N3OS. The van der Waals surface area contributed by atoms with Gasteiger partial charge in [0, 0.05) is 40.3 Å². The summed E-state index contributed by atoms with van der Waals surface area (Å²) in [5, 5.41) is 4.58. The van der Waals surface area contributed by atoms with E-state index in [-0.39, 0.29) is 17.2 Å². The molecule has 0 saturated carbocycles. The Hall–Kier alpha value is -2.11. The molecule has 0 bridgehead atoms. The summed E-state index contributed by atoms with van der Waals surface area (Å²) in [6, 6.07) is 11.8. The van der Waals surface area contributed by atoms with Gasteiger partial charge in [-0.3, -0.25) is 15.1 Å². The van der Waals surface area contributed by atoms with E-state index >= 15 is 0 Å². The van der Waals surface area contributed by atoms with Gasteiger partial charge in [-0.1, -0.05) is 24.3 Å². The van der Waals surface area contributed by atoms with Crippen molar-refractivity contribution in [1.29, 1.82) is 0 Å². The van der Waals surface area contributed by atoms with E-state index < -0.39 is 0 Å². The molecule has 1 fully saturated rings. The second-order valence-corrected chi connectivity index (χ2v) is 6.89. The summed E-state index contributed by atoms with van der Waals surface area (Å²) in [4.78, 5) is 20.5. The van der Waals surface area contributed by atoms with Crippen molar-refractivity contribution in [2.45, 2.75) is 18.3 Å². The zero-order valence-corrected chi connectivity index (χ0v) is 13.6. The molecule has 0 spiro atoms. The van der Waals surface area contributed by atoms with Crippen molar-refractivity contribution >= 4 is 28.4 Å². The molecule has 23 heavy (non-hydrogen) atoms. The third-order valence-corrected chi connectivity index (χ3v) is 5.49. The molecule has 1 unspecified atom stereocenters. The van der Waals surface area contributed by atoms with E-state index in [1.54, 1.807) is 18.0 Å². The van der Waals surface area contributed by atoms with Crippen LogP contribution in [0.5, 0.6) is 0 Å². The SMILES string of the molecule is Cc1[nH]c2ccccc2c1C(=O)[C@@H]1CSC(c2cccnc2)N1. The second-order valence-electron chi connectivity index (χ2n) is 5.75. The summed E-state index contributed by atoms with van der Waals surface area (Å²) < 4.78 is 0. The number of aryl methyl sites for hydroxylation is 1. The highest BCUT2D eigenvalue weighted by molar-refractivity contribution is 7.99. The standard InChI is InChI=1S/C18H17N3OS/c1-11-16(13-6-2-3-7-14(13)20-11)17(22)15-10-23-18(21-15)12-5-4-8-19-9-12/h2-9,15,18,20-21H,10H2,1H3/t15-,18?/m0/s1. The monoisotopic (exact) mass is 323 g/mol. The van der Waals surface area contributed by atoms with Crippen LogP contribution in [0.3, 0.4) is 0 Å². The first-order chi connectivity index (χ1) is 11.2. The van der Waals surface area contributed by atoms with E-state index in [2.05, 4.69) is 15.3 Å². The highest BCUT2D eigenvalue weighted by Crippen LogP contribution is 2.34. The molecule has 2 atom stereocenters. The van der Waals surface area contributed by atoms with Crippen molar-refractivity contribution in [2.75, 3.05) is 5.75 Å². The topological polar surface area (TPSA) is 57.8 Å². The summed E-state index contributed by atoms with van der Waals surface area (Å²) >= 11 is 1.76. The lowest BCUT2D eigenvalue weighted by Crippen LogP contribution is -2.34. The molecule has 4 rings (SSSR count). The minimum Gasteiger partial charge on any atom is -0.358 e. The summed E-state index contributed by atoms with van der Waals surface area (Å²) in [5.41, 5.74) is 3.88. The van der Waals surface area contributed by atoms with Gasteiger partial charge in [0.25, 0.3) is 0 Å². The van der Waals surface area contributed by atoms with Gasteiger partial charge in [0.05, 0.1) is 11.4 Å². The van der Waals surface area contributed by atoms with Crippen LogP contribution in [0.25, 0.3) is 10.9 Å². The Morgan fingerprint density at radius 3 is 2.96 bits per heavy atom. The van der Waals surface area contributed by atoms with Crippen molar-refractivity contribution in [1.82, 2.24) is 15.3 Å². The summed E-state index contributed by atoms with van der Waals surface area (Å²) in [6.07, 6.45) is 3.62. The van der Waals surface area contributed by atoms with Gasteiger partial charge in [-0.25, -0.2) is 0 Å². The van der Waals surface area contributed by atoms with Crippen LogP contribution < -0.4 is 5.32 Å². The smallest absolute Gasteiger partial charge is 0.183 e. The fourth-order valence-corrected chi connectivity index (χ4v) is 4.34. The zero-order chi connectivity index (χ0) is 15.8. The van der Waals surface area contributed by atoms with Crippen LogP contribution in [0.2, 0.25) is 0 Å². The van der Waals surface area contributed by atoms with Crippen LogP contribution in [0.15, 0.2) is 48.8 Å². The second kappa shape index (κ2) is 5.83. The number of pyridine rings is 1. The Kier molecular flexibility index (Phi) is 3.67. The predicted molar refractivity (Wildman–Crippen MR) is 93.7 cm³/mol. The predicted octanol–water partition coefficient (Wildman–Crippen LogP) is 3.46. The number of Topliss-reactive ketones (excluding diaryl/α,β-unsaturated/α-hetero) is 1. The normalized spacial score (nSPS) is 20.9. The van der Waals surface area contributed by atoms with Crippen molar-refractivity contribution in [3.8, 4) is 0 Å². The lowest BCUT2D eigenvalue weighted by molar-refractivity contribution is 0.0957. The number of thioether (sulfide) groups is 1. The number of hydrogen-bond donors (Lipinski definition) is 2. The number of carbonyl (C=O) groups excluding carboxylic acids is 1. The van der Waals surface area contributed by atoms with Crippen LogP contribution in [-0.4, -0.2) is 27.5 Å². The summed E-state index contributed by atoms with van der Waals surface area (Å²) in [7, 11) is 0. The van der Waals surface area contributed by atoms with E-state index in [4.69, 9.17) is 0 Å². The van der Waals surface area contributed by atoms with Crippen molar-refractivity contribution in [2.24, 2.45) is 0 Å². The van der Waals surface area contributed by atoms with Gasteiger partial charge >= 0.3 is 0 Å². The van der Waals surface area contributed by atoms with Gasteiger partial charge < -0.3 is 4.98 Å². The molecule has 3 heterocycles. The van der Waals surface area contributed by atoms with Crippen LogP contribution in [0.4, 0.5) is 0 Å². The number of rotatable bonds is 3. The van der Waals surface area contributed by atoms with E-state index in [1.807, 2.05) is 49.5 Å². The molecule has 116 valence electrons. The van der Waals surface area contributed by atoms with E-state index in [0.717, 1.165) is 33.5 Å². The van der Waals surface area contributed by atoms with Gasteiger partial charge in [-0.2, -0.15) is 0 Å². The van der Waals surface area contributed by atoms with E-state index in [1.165, 1.54) is 0 Å². The van der Waals surface area contributed by atoms with E-state index in [0.29, 0.717) is 0 Å². The molecule has 4 nitrogen and oxygen atoms in total. The molecule has 0 amide bonds. The molecule has 0 aliphatic carbocycles. The number of fused-ring (bicyclic) bond motifs is 1. The van der Waals surface area contributed by atoms with Crippen LogP contribution >= 0.6 is 11.8 Å². The summed E-state index contributed by atoms with van der Waals surface area (Å²) in [6.45, 7) is 1.97. The van der Waals surface area contributed by atoms with Crippen molar-refractivity contribution in [3.63, 3.8) is 0 Å². The maximum Gasteiger partial charge on any atom is 0.183 e. The van der Waals surface area contributed by atoms with Gasteiger partial charge in [0.1, 0.15) is 0 Å². The quantitative estimate of drug-likeness (QED) is 0.725. The molecule has 1 saturated heterocycles. The highest BCUT2D eigenvalue weighted by Gasteiger charge is 2.33. The minimum atomic E-state index is -0.164. The lowest BCUT2D eigenvalue weighted by atomic mass is 10.0. The van der Waals surface area contributed by atoms with Crippen LogP contribution in [0.1, 0.15) is 27.0 Å². The highest BCUT2D eigenvalue weighted by atomic mass is 32.2. The molecule has 1 aliphatic heterocycles. The average Bonchev–Trinajstić information content (AvgIpc) is 3.19. The maximum atomic E-state index is 13.0. The molecular weight excluding hydrogens is 306 g/mol. The molecule has 1 aliphatic rings. The van der Waals surface area contributed by atoms with Gasteiger partial charge in [-0.15, -0.1) is 11.8 Å². The number of aromatic amines is 1. The van der Waals surface area contributed by atoms with Gasteiger partial charge in [0.2, 0.25) is 0 Å². The number of hydrogen-bond acceptors (Lipinski definition) is 4. The third-order valence-electron chi connectivity index (χ3n) is 4.23. The average molecular weight is 323 g/mol. The van der Waals surface area contributed by atoms with Crippen LogP contribution in [-0.2, 0) is 0 Å². The van der Waals surface area contributed by atoms with E-state index in [9.17, 15) is 4.79 Å². The minimum absolute atomic E-state index is 0.128. The number of nitrogens with zero attached hydrogens (tertiary/aromatic N) is 1. The Bertz CT molecular complexity index is 859. The molecule has 0 radical (unpaired) electrons. The Labute approximate surface area is 138 Å². The third kappa shape index (κ3) is 2.56. The Morgan fingerprint density at radius 1 is 1.26 bits per heavy atom. The number of para-hydroxylation sites is 1. The maximum absolute atomic E-state index is 13.0.